The van der Waals surface area contributed by atoms with E-state index in [4.69, 9.17) is 20.9 Å². The van der Waals surface area contributed by atoms with Crippen molar-refractivity contribution in [2.24, 2.45) is 11.5 Å². The Morgan fingerprint density at radius 1 is 1.31 bits per heavy atom. The Balaban J connectivity index is 2.15. The third-order valence-corrected chi connectivity index (χ3v) is 2.57. The number of hydrogen-bond donors (Lipinski definition) is 2. The van der Waals surface area contributed by atoms with Gasteiger partial charge in [-0.05, 0) is 38.0 Å². The van der Waals surface area contributed by atoms with E-state index in [1.807, 2.05) is 32.0 Å². The van der Waals surface area contributed by atoms with Gasteiger partial charge in [0.1, 0.15) is 0 Å². The standard InChI is InChI=1S/C12H18N2O2/c1-12(2,14)6-9(13)8-3-4-10-11(5-8)16-7-15-10/h3-5,9H,6-7,13-14H2,1-2H3. The molecule has 0 bridgehead atoms. The Kier molecular flexibility index (Phi) is 2.78. The Bertz CT molecular complexity index is 385. The van der Waals surface area contributed by atoms with Crippen LogP contribution in [-0.2, 0) is 0 Å². The van der Waals surface area contributed by atoms with E-state index in [2.05, 4.69) is 0 Å². The molecule has 1 aliphatic heterocycles. The smallest absolute Gasteiger partial charge is 0.231 e. The van der Waals surface area contributed by atoms with Crippen LogP contribution in [0.15, 0.2) is 18.2 Å². The quantitative estimate of drug-likeness (QED) is 0.814. The molecule has 88 valence electrons. The predicted octanol–water partition coefficient (Wildman–Crippen LogP) is 1.54. The minimum Gasteiger partial charge on any atom is -0.454 e. The first-order valence-corrected chi connectivity index (χ1v) is 5.40. The van der Waals surface area contributed by atoms with E-state index >= 15 is 0 Å². The van der Waals surface area contributed by atoms with E-state index < -0.39 is 0 Å². The molecule has 0 fully saturated rings. The molecule has 1 unspecified atom stereocenters. The summed E-state index contributed by atoms with van der Waals surface area (Å²) in [6.07, 6.45) is 0.729. The Hall–Kier alpha value is -1.26. The molecule has 4 nitrogen and oxygen atoms in total. The van der Waals surface area contributed by atoms with Crippen molar-refractivity contribution in [1.29, 1.82) is 0 Å². The van der Waals surface area contributed by atoms with Crippen molar-refractivity contribution in [3.63, 3.8) is 0 Å². The van der Waals surface area contributed by atoms with Crippen LogP contribution in [0.2, 0.25) is 0 Å². The second-order valence-electron chi connectivity index (χ2n) is 4.91. The molecule has 1 atom stereocenters. The summed E-state index contributed by atoms with van der Waals surface area (Å²) in [6.45, 7) is 4.23. The number of rotatable bonds is 3. The van der Waals surface area contributed by atoms with Gasteiger partial charge >= 0.3 is 0 Å². The fourth-order valence-electron chi connectivity index (χ4n) is 1.83. The number of hydrogen-bond acceptors (Lipinski definition) is 4. The lowest BCUT2D eigenvalue weighted by Gasteiger charge is -2.23. The zero-order chi connectivity index (χ0) is 11.8. The van der Waals surface area contributed by atoms with Crippen LogP contribution in [0.3, 0.4) is 0 Å². The summed E-state index contributed by atoms with van der Waals surface area (Å²) in [5.74, 6) is 1.55. The normalized spacial score (nSPS) is 16.2. The van der Waals surface area contributed by atoms with Crippen LogP contribution < -0.4 is 20.9 Å². The second kappa shape index (κ2) is 3.96. The highest BCUT2D eigenvalue weighted by molar-refractivity contribution is 5.45. The van der Waals surface area contributed by atoms with Gasteiger partial charge in [-0.2, -0.15) is 0 Å². The van der Waals surface area contributed by atoms with Crippen molar-refractivity contribution in [3.05, 3.63) is 23.8 Å². The summed E-state index contributed by atoms with van der Waals surface area (Å²) in [4.78, 5) is 0. The maximum Gasteiger partial charge on any atom is 0.231 e. The maximum atomic E-state index is 6.10. The van der Waals surface area contributed by atoms with Gasteiger partial charge in [0.2, 0.25) is 6.79 Å². The lowest BCUT2D eigenvalue weighted by Crippen LogP contribution is -2.35. The molecule has 0 spiro atoms. The summed E-state index contributed by atoms with van der Waals surface area (Å²) in [7, 11) is 0. The largest absolute Gasteiger partial charge is 0.454 e. The van der Waals surface area contributed by atoms with Gasteiger partial charge in [0, 0.05) is 11.6 Å². The molecular formula is C12H18N2O2. The molecule has 1 aromatic rings. The molecule has 4 N–H and O–H groups in total. The molecule has 4 heteroatoms. The topological polar surface area (TPSA) is 70.5 Å². The van der Waals surface area contributed by atoms with Crippen LogP contribution in [0, 0.1) is 0 Å². The minimum absolute atomic E-state index is 0.0745. The van der Waals surface area contributed by atoms with Gasteiger partial charge in [-0.15, -0.1) is 0 Å². The van der Waals surface area contributed by atoms with Crippen molar-refractivity contribution in [2.75, 3.05) is 6.79 Å². The van der Waals surface area contributed by atoms with Crippen LogP contribution in [0.1, 0.15) is 31.9 Å². The van der Waals surface area contributed by atoms with Gasteiger partial charge in [0.15, 0.2) is 11.5 Å². The SMILES string of the molecule is CC(C)(N)CC(N)c1ccc2c(c1)OCO2. The van der Waals surface area contributed by atoms with Gasteiger partial charge in [-0.3, -0.25) is 0 Å². The van der Waals surface area contributed by atoms with Gasteiger partial charge in [-0.1, -0.05) is 6.07 Å². The fraction of sp³-hybridized carbons (Fsp3) is 0.500. The van der Waals surface area contributed by atoms with Gasteiger partial charge in [0.25, 0.3) is 0 Å². The number of ether oxygens (including phenoxy) is 2. The van der Waals surface area contributed by atoms with E-state index in [0.717, 1.165) is 23.5 Å². The van der Waals surface area contributed by atoms with Crippen LogP contribution in [-0.4, -0.2) is 12.3 Å². The van der Waals surface area contributed by atoms with E-state index in [1.54, 1.807) is 0 Å². The van der Waals surface area contributed by atoms with Gasteiger partial charge in [-0.25, -0.2) is 0 Å². The molecule has 0 amide bonds. The zero-order valence-electron chi connectivity index (χ0n) is 9.69. The van der Waals surface area contributed by atoms with E-state index in [9.17, 15) is 0 Å². The monoisotopic (exact) mass is 222 g/mol. The molecule has 0 aromatic heterocycles. The van der Waals surface area contributed by atoms with Gasteiger partial charge < -0.3 is 20.9 Å². The minimum atomic E-state index is -0.268. The highest BCUT2D eigenvalue weighted by Crippen LogP contribution is 2.34. The Labute approximate surface area is 95.5 Å². The summed E-state index contributed by atoms with van der Waals surface area (Å²) >= 11 is 0. The molecular weight excluding hydrogens is 204 g/mol. The van der Waals surface area contributed by atoms with Gasteiger partial charge in [0.05, 0.1) is 0 Å². The Morgan fingerprint density at radius 2 is 2.00 bits per heavy atom. The average Bonchev–Trinajstić information content (AvgIpc) is 2.61. The number of fused-ring (bicyclic) bond motifs is 1. The first-order chi connectivity index (χ1) is 7.46. The molecule has 2 rings (SSSR count). The summed E-state index contributed by atoms with van der Waals surface area (Å²) in [5, 5.41) is 0. The van der Waals surface area contributed by atoms with Crippen molar-refractivity contribution in [1.82, 2.24) is 0 Å². The van der Waals surface area contributed by atoms with Crippen molar-refractivity contribution in [3.8, 4) is 11.5 Å². The number of nitrogens with two attached hydrogens (primary N) is 2. The third kappa shape index (κ3) is 2.46. The highest BCUT2D eigenvalue weighted by atomic mass is 16.7. The van der Waals surface area contributed by atoms with E-state index in [1.165, 1.54) is 0 Å². The van der Waals surface area contributed by atoms with Crippen molar-refractivity contribution in [2.45, 2.75) is 31.8 Å². The molecule has 16 heavy (non-hydrogen) atoms. The molecule has 0 radical (unpaired) electrons. The average molecular weight is 222 g/mol. The highest BCUT2D eigenvalue weighted by Gasteiger charge is 2.20. The summed E-state index contributed by atoms with van der Waals surface area (Å²) < 4.78 is 10.6. The Morgan fingerprint density at radius 3 is 2.69 bits per heavy atom. The fourth-order valence-corrected chi connectivity index (χ4v) is 1.83. The summed E-state index contributed by atoms with van der Waals surface area (Å²) in [5.41, 5.74) is 12.8. The van der Waals surface area contributed by atoms with Crippen LogP contribution in [0.4, 0.5) is 0 Å². The molecule has 1 heterocycles. The first-order valence-electron chi connectivity index (χ1n) is 5.40. The van der Waals surface area contributed by atoms with Crippen LogP contribution in [0.25, 0.3) is 0 Å². The molecule has 0 saturated heterocycles. The van der Waals surface area contributed by atoms with Crippen molar-refractivity contribution >= 4 is 0 Å². The van der Waals surface area contributed by atoms with Crippen LogP contribution >= 0.6 is 0 Å². The molecule has 1 aromatic carbocycles. The lowest BCUT2D eigenvalue weighted by molar-refractivity contribution is 0.174. The van der Waals surface area contributed by atoms with E-state index in [-0.39, 0.29) is 18.4 Å². The predicted molar refractivity (Wildman–Crippen MR) is 62.4 cm³/mol. The lowest BCUT2D eigenvalue weighted by atomic mass is 9.92. The molecule has 0 saturated carbocycles. The van der Waals surface area contributed by atoms with Crippen LogP contribution in [0.5, 0.6) is 11.5 Å². The van der Waals surface area contributed by atoms with E-state index in [0.29, 0.717) is 0 Å². The summed E-state index contributed by atoms with van der Waals surface area (Å²) in [6, 6.07) is 5.71. The molecule has 1 aliphatic rings. The second-order valence-corrected chi connectivity index (χ2v) is 4.91. The number of benzene rings is 1. The molecule has 0 aliphatic carbocycles. The maximum absolute atomic E-state index is 6.10. The van der Waals surface area contributed by atoms with Crippen molar-refractivity contribution < 1.29 is 9.47 Å². The zero-order valence-corrected chi connectivity index (χ0v) is 9.69. The first kappa shape index (κ1) is 11.2. The third-order valence-electron chi connectivity index (χ3n) is 2.57.